The number of aryl methyl sites for hydroxylation is 2. The van der Waals surface area contributed by atoms with Gasteiger partial charge in [0.25, 0.3) is 5.56 Å². The summed E-state index contributed by atoms with van der Waals surface area (Å²) in [5.41, 5.74) is 3.02. The third-order valence-electron chi connectivity index (χ3n) is 5.37. The number of hydrogen-bond acceptors (Lipinski definition) is 4. The Labute approximate surface area is 163 Å². The van der Waals surface area contributed by atoms with E-state index in [9.17, 15) is 9.59 Å². The van der Waals surface area contributed by atoms with Crippen molar-refractivity contribution < 1.29 is 4.79 Å². The topological polar surface area (TPSA) is 55.2 Å². The Morgan fingerprint density at radius 3 is 2.63 bits per heavy atom. The van der Waals surface area contributed by atoms with Crippen molar-refractivity contribution in [3.8, 4) is 0 Å². The summed E-state index contributed by atoms with van der Waals surface area (Å²) in [5, 5.41) is 0.698. The smallest absolute Gasteiger partial charge is 0.258 e. The standard InChI is InChI=1S/C21H25N3O2S/c25-19(23-12-4-5-13-23)15-24-20(26)17-9-6-10-18(17)22-21(24)27-14-11-16-7-2-1-3-8-16/h1-3,7-8H,4-6,9-15H2. The molecule has 0 spiro atoms. The van der Waals surface area contributed by atoms with Crippen LogP contribution in [0.25, 0.3) is 0 Å². The maximum atomic E-state index is 13.0. The molecular weight excluding hydrogens is 358 g/mol. The zero-order chi connectivity index (χ0) is 18.6. The summed E-state index contributed by atoms with van der Waals surface area (Å²) in [6, 6.07) is 10.3. The number of amides is 1. The van der Waals surface area contributed by atoms with Gasteiger partial charge in [-0.2, -0.15) is 0 Å². The molecule has 1 fully saturated rings. The van der Waals surface area contributed by atoms with Crippen LogP contribution in [-0.4, -0.2) is 39.2 Å². The van der Waals surface area contributed by atoms with Crippen LogP contribution in [-0.2, 0) is 30.6 Å². The Hall–Kier alpha value is -2.08. The Kier molecular flexibility index (Phi) is 5.62. The molecule has 4 rings (SSSR count). The molecule has 6 heteroatoms. The van der Waals surface area contributed by atoms with Gasteiger partial charge in [-0.1, -0.05) is 42.1 Å². The lowest BCUT2D eigenvalue weighted by atomic mass is 10.2. The van der Waals surface area contributed by atoms with Crippen LogP contribution in [0.4, 0.5) is 0 Å². The van der Waals surface area contributed by atoms with Crippen LogP contribution < -0.4 is 5.56 Å². The number of fused-ring (bicyclic) bond motifs is 1. The molecule has 27 heavy (non-hydrogen) atoms. The first kappa shape index (κ1) is 18.3. The van der Waals surface area contributed by atoms with Gasteiger partial charge in [0.1, 0.15) is 6.54 Å². The SMILES string of the molecule is O=C(Cn1c(SCCc2ccccc2)nc2c(c1=O)CCC2)N1CCCC1. The second kappa shape index (κ2) is 8.30. The minimum Gasteiger partial charge on any atom is -0.341 e. The molecule has 1 saturated heterocycles. The van der Waals surface area contributed by atoms with Crippen LogP contribution in [0.15, 0.2) is 40.3 Å². The highest BCUT2D eigenvalue weighted by molar-refractivity contribution is 7.99. The maximum absolute atomic E-state index is 13.0. The number of likely N-dealkylation sites (tertiary alicyclic amines) is 1. The Morgan fingerprint density at radius 1 is 1.07 bits per heavy atom. The number of aromatic nitrogens is 2. The molecule has 0 radical (unpaired) electrons. The average Bonchev–Trinajstić information content (AvgIpc) is 3.37. The molecule has 0 atom stereocenters. The van der Waals surface area contributed by atoms with Crippen LogP contribution >= 0.6 is 11.8 Å². The summed E-state index contributed by atoms with van der Waals surface area (Å²) < 4.78 is 1.63. The summed E-state index contributed by atoms with van der Waals surface area (Å²) in [7, 11) is 0. The molecule has 142 valence electrons. The molecule has 1 aliphatic heterocycles. The predicted molar refractivity (Wildman–Crippen MR) is 107 cm³/mol. The zero-order valence-corrected chi connectivity index (χ0v) is 16.3. The molecule has 1 aromatic carbocycles. The molecule has 2 aliphatic rings. The van der Waals surface area contributed by atoms with E-state index in [2.05, 4.69) is 12.1 Å². The number of rotatable bonds is 6. The second-order valence-corrected chi connectivity index (χ2v) is 8.30. The molecule has 2 aromatic rings. The highest BCUT2D eigenvalue weighted by Gasteiger charge is 2.24. The first-order valence-corrected chi connectivity index (χ1v) is 10.8. The van der Waals surface area contributed by atoms with E-state index in [1.807, 2.05) is 23.1 Å². The van der Waals surface area contributed by atoms with Gasteiger partial charge >= 0.3 is 0 Å². The van der Waals surface area contributed by atoms with Gasteiger partial charge in [-0.25, -0.2) is 4.98 Å². The van der Waals surface area contributed by atoms with E-state index < -0.39 is 0 Å². The van der Waals surface area contributed by atoms with Gasteiger partial charge < -0.3 is 4.90 Å². The Balaban J connectivity index is 1.54. The van der Waals surface area contributed by atoms with Crippen LogP contribution in [0.5, 0.6) is 0 Å². The number of benzene rings is 1. The lowest BCUT2D eigenvalue weighted by Gasteiger charge is -2.18. The fraction of sp³-hybridized carbons (Fsp3) is 0.476. The van der Waals surface area contributed by atoms with E-state index in [-0.39, 0.29) is 18.0 Å². The summed E-state index contributed by atoms with van der Waals surface area (Å²) in [6.45, 7) is 1.73. The largest absolute Gasteiger partial charge is 0.341 e. The van der Waals surface area contributed by atoms with Crippen molar-refractivity contribution in [3.05, 3.63) is 57.5 Å². The first-order valence-electron chi connectivity index (χ1n) is 9.79. The second-order valence-electron chi connectivity index (χ2n) is 7.24. The Bertz CT molecular complexity index is 873. The van der Waals surface area contributed by atoms with Gasteiger partial charge in [0, 0.05) is 24.4 Å². The lowest BCUT2D eigenvalue weighted by Crippen LogP contribution is -2.36. The summed E-state index contributed by atoms with van der Waals surface area (Å²) in [6.07, 6.45) is 5.67. The lowest BCUT2D eigenvalue weighted by molar-refractivity contribution is -0.130. The molecule has 5 nitrogen and oxygen atoms in total. The predicted octanol–water partition coefficient (Wildman–Crippen LogP) is 2.69. The van der Waals surface area contributed by atoms with Gasteiger partial charge in [-0.3, -0.25) is 14.2 Å². The molecule has 0 unspecified atom stereocenters. The first-order chi connectivity index (χ1) is 13.2. The molecule has 0 bridgehead atoms. The van der Waals surface area contributed by atoms with Crippen LogP contribution in [0, 0.1) is 0 Å². The summed E-state index contributed by atoms with van der Waals surface area (Å²) in [4.78, 5) is 32.3. The van der Waals surface area contributed by atoms with Crippen molar-refractivity contribution in [3.63, 3.8) is 0 Å². The van der Waals surface area contributed by atoms with Gasteiger partial charge in [0.15, 0.2) is 5.16 Å². The number of nitrogens with zero attached hydrogens (tertiary/aromatic N) is 3. The molecule has 1 aromatic heterocycles. The van der Waals surface area contributed by atoms with Gasteiger partial charge in [0.05, 0.1) is 5.69 Å². The van der Waals surface area contributed by atoms with Crippen molar-refractivity contribution in [2.24, 2.45) is 0 Å². The third kappa shape index (κ3) is 4.10. The van der Waals surface area contributed by atoms with E-state index in [1.165, 1.54) is 5.56 Å². The Morgan fingerprint density at radius 2 is 1.85 bits per heavy atom. The highest BCUT2D eigenvalue weighted by Crippen LogP contribution is 2.23. The fourth-order valence-electron chi connectivity index (χ4n) is 3.86. The van der Waals surface area contributed by atoms with E-state index in [0.29, 0.717) is 5.16 Å². The van der Waals surface area contributed by atoms with Crippen molar-refractivity contribution in [2.75, 3.05) is 18.8 Å². The fourth-order valence-corrected chi connectivity index (χ4v) is 4.86. The molecule has 1 aliphatic carbocycles. The molecule has 1 amide bonds. The maximum Gasteiger partial charge on any atom is 0.258 e. The van der Waals surface area contributed by atoms with Gasteiger partial charge in [-0.15, -0.1) is 0 Å². The molecular formula is C21H25N3O2S. The van der Waals surface area contributed by atoms with Crippen molar-refractivity contribution in [1.82, 2.24) is 14.5 Å². The van der Waals surface area contributed by atoms with Crippen LogP contribution in [0.2, 0.25) is 0 Å². The van der Waals surface area contributed by atoms with E-state index in [1.54, 1.807) is 16.3 Å². The minimum atomic E-state index is -0.00717. The van der Waals surface area contributed by atoms with Crippen molar-refractivity contribution in [2.45, 2.75) is 50.2 Å². The van der Waals surface area contributed by atoms with Crippen LogP contribution in [0.3, 0.4) is 0 Å². The monoisotopic (exact) mass is 383 g/mol. The van der Waals surface area contributed by atoms with Crippen molar-refractivity contribution in [1.29, 1.82) is 0 Å². The average molecular weight is 384 g/mol. The van der Waals surface area contributed by atoms with Crippen LogP contribution in [0.1, 0.15) is 36.1 Å². The van der Waals surface area contributed by atoms with Crippen molar-refractivity contribution >= 4 is 17.7 Å². The summed E-state index contributed by atoms with van der Waals surface area (Å²) in [5.74, 6) is 0.881. The van der Waals surface area contributed by atoms with Gasteiger partial charge in [0.2, 0.25) is 5.91 Å². The third-order valence-corrected chi connectivity index (χ3v) is 6.35. The van der Waals surface area contributed by atoms with Gasteiger partial charge in [-0.05, 0) is 44.1 Å². The zero-order valence-electron chi connectivity index (χ0n) is 15.5. The highest BCUT2D eigenvalue weighted by atomic mass is 32.2. The number of thioether (sulfide) groups is 1. The van der Waals surface area contributed by atoms with E-state index in [4.69, 9.17) is 4.98 Å². The quantitative estimate of drug-likeness (QED) is 0.568. The molecule has 2 heterocycles. The number of hydrogen-bond donors (Lipinski definition) is 0. The summed E-state index contributed by atoms with van der Waals surface area (Å²) >= 11 is 1.59. The molecule has 0 saturated carbocycles. The normalized spacial score (nSPS) is 15.9. The minimum absolute atomic E-state index is 0.00717. The number of carbonyl (C=O) groups excluding carboxylic acids is 1. The van der Waals surface area contributed by atoms with E-state index >= 15 is 0 Å². The molecule has 0 N–H and O–H groups in total. The van der Waals surface area contributed by atoms with E-state index in [0.717, 1.165) is 68.6 Å². The number of carbonyl (C=O) groups is 1.